The topological polar surface area (TPSA) is 26.2 Å². The average molecular weight is 258 g/mol. The molecule has 0 aliphatic carbocycles. The summed E-state index contributed by atoms with van der Waals surface area (Å²) < 4.78 is 7.95. The summed E-state index contributed by atoms with van der Waals surface area (Å²) in [6.45, 7) is 6.78. The second-order valence-corrected chi connectivity index (χ2v) is 4.89. The zero-order valence-electron chi connectivity index (χ0n) is 11.7. The van der Waals surface area contributed by atoms with Crippen LogP contribution in [0.15, 0.2) is 48.7 Å². The van der Waals surface area contributed by atoms with Gasteiger partial charge in [-0.15, -0.1) is 0 Å². The predicted molar refractivity (Wildman–Crippen MR) is 78.3 cm³/mol. The van der Waals surface area contributed by atoms with Gasteiger partial charge in [0.1, 0.15) is 12.4 Å². The van der Waals surface area contributed by atoms with Crippen molar-refractivity contribution in [1.82, 2.24) is 9.88 Å². The molecule has 1 aromatic carbocycles. The van der Waals surface area contributed by atoms with Crippen molar-refractivity contribution in [1.29, 1.82) is 0 Å². The lowest BCUT2D eigenvalue weighted by atomic mass is 10.3. The quantitative estimate of drug-likeness (QED) is 0.826. The molecular formula is C16H22N2O. The minimum atomic E-state index is 0.504. The van der Waals surface area contributed by atoms with Gasteiger partial charge in [-0.1, -0.05) is 32.0 Å². The fraction of sp³-hybridized carbons (Fsp3) is 0.375. The number of para-hydroxylation sites is 1. The normalized spacial score (nSPS) is 10.9. The lowest BCUT2D eigenvalue weighted by Crippen LogP contribution is -2.24. The van der Waals surface area contributed by atoms with E-state index in [2.05, 4.69) is 42.1 Å². The molecule has 0 aliphatic rings. The monoisotopic (exact) mass is 258 g/mol. The summed E-state index contributed by atoms with van der Waals surface area (Å²) in [4.78, 5) is 0. The molecule has 0 bridgehead atoms. The Kier molecular flexibility index (Phi) is 5.04. The Morgan fingerprint density at radius 2 is 1.89 bits per heavy atom. The smallest absolute Gasteiger partial charge is 0.119 e. The van der Waals surface area contributed by atoms with Crippen molar-refractivity contribution >= 4 is 0 Å². The fourth-order valence-electron chi connectivity index (χ4n) is 1.92. The molecular weight excluding hydrogens is 236 g/mol. The summed E-state index contributed by atoms with van der Waals surface area (Å²) in [6, 6.07) is 14.7. The molecule has 0 unspecified atom stereocenters. The average Bonchev–Trinajstić information content (AvgIpc) is 2.85. The third kappa shape index (κ3) is 4.45. The van der Waals surface area contributed by atoms with E-state index in [1.807, 2.05) is 30.3 Å². The van der Waals surface area contributed by atoms with Gasteiger partial charge in [0.15, 0.2) is 0 Å². The molecule has 0 radical (unpaired) electrons. The lowest BCUT2D eigenvalue weighted by molar-refractivity contribution is 0.296. The van der Waals surface area contributed by atoms with E-state index < -0.39 is 0 Å². The van der Waals surface area contributed by atoms with Crippen molar-refractivity contribution in [3.8, 4) is 5.75 Å². The van der Waals surface area contributed by atoms with Crippen LogP contribution in [-0.4, -0.2) is 17.2 Å². The first-order chi connectivity index (χ1) is 9.25. The summed E-state index contributed by atoms with van der Waals surface area (Å²) in [5, 5.41) is 3.43. The number of rotatable bonds is 7. The summed E-state index contributed by atoms with van der Waals surface area (Å²) in [5.41, 5.74) is 1.30. The number of hydrogen-bond donors (Lipinski definition) is 1. The van der Waals surface area contributed by atoms with Gasteiger partial charge in [0.25, 0.3) is 0 Å². The molecule has 0 amide bonds. The minimum absolute atomic E-state index is 0.504. The van der Waals surface area contributed by atoms with Crippen LogP contribution in [0.2, 0.25) is 0 Å². The summed E-state index contributed by atoms with van der Waals surface area (Å²) in [7, 11) is 0. The van der Waals surface area contributed by atoms with E-state index in [0.29, 0.717) is 12.6 Å². The molecule has 102 valence electrons. The molecule has 1 N–H and O–H groups in total. The maximum Gasteiger partial charge on any atom is 0.119 e. The van der Waals surface area contributed by atoms with Crippen LogP contribution in [0.5, 0.6) is 5.75 Å². The van der Waals surface area contributed by atoms with Gasteiger partial charge in [-0.2, -0.15) is 0 Å². The first kappa shape index (κ1) is 13.7. The Bertz CT molecular complexity index is 477. The van der Waals surface area contributed by atoms with Gasteiger partial charge in [-0.25, -0.2) is 0 Å². The van der Waals surface area contributed by atoms with Gasteiger partial charge >= 0.3 is 0 Å². The second-order valence-electron chi connectivity index (χ2n) is 4.89. The Labute approximate surface area is 115 Å². The SMILES string of the molecule is CC(C)NCc1cccn1CCOc1ccccc1. The van der Waals surface area contributed by atoms with Crippen LogP contribution >= 0.6 is 0 Å². The van der Waals surface area contributed by atoms with Crippen molar-refractivity contribution in [2.45, 2.75) is 33.0 Å². The van der Waals surface area contributed by atoms with Gasteiger partial charge in [0.05, 0.1) is 6.54 Å². The molecule has 1 aromatic heterocycles. The molecule has 19 heavy (non-hydrogen) atoms. The third-order valence-electron chi connectivity index (χ3n) is 2.96. The highest BCUT2D eigenvalue weighted by molar-refractivity contribution is 5.20. The number of nitrogens with one attached hydrogen (secondary N) is 1. The van der Waals surface area contributed by atoms with Crippen molar-refractivity contribution in [2.75, 3.05) is 6.61 Å². The highest BCUT2D eigenvalue weighted by atomic mass is 16.5. The molecule has 0 fully saturated rings. The van der Waals surface area contributed by atoms with E-state index in [-0.39, 0.29) is 0 Å². The Hall–Kier alpha value is -1.74. The van der Waals surface area contributed by atoms with Gasteiger partial charge in [-0.3, -0.25) is 0 Å². The molecule has 0 saturated carbocycles. The van der Waals surface area contributed by atoms with Crippen molar-refractivity contribution in [3.63, 3.8) is 0 Å². The Balaban J connectivity index is 1.81. The minimum Gasteiger partial charge on any atom is -0.492 e. The zero-order chi connectivity index (χ0) is 13.5. The van der Waals surface area contributed by atoms with E-state index in [1.54, 1.807) is 0 Å². The summed E-state index contributed by atoms with van der Waals surface area (Å²) in [5.74, 6) is 0.927. The van der Waals surface area contributed by atoms with Gasteiger partial charge in [-0.05, 0) is 24.3 Å². The highest BCUT2D eigenvalue weighted by Gasteiger charge is 2.02. The third-order valence-corrected chi connectivity index (χ3v) is 2.96. The van der Waals surface area contributed by atoms with E-state index >= 15 is 0 Å². The van der Waals surface area contributed by atoms with Crippen LogP contribution in [-0.2, 0) is 13.1 Å². The molecule has 0 atom stereocenters. The predicted octanol–water partition coefficient (Wildman–Crippen LogP) is 3.07. The van der Waals surface area contributed by atoms with Gasteiger partial charge in [0, 0.05) is 24.5 Å². The first-order valence-electron chi connectivity index (χ1n) is 6.81. The van der Waals surface area contributed by atoms with Gasteiger partial charge in [0.2, 0.25) is 0 Å². The van der Waals surface area contributed by atoms with Crippen LogP contribution in [0.1, 0.15) is 19.5 Å². The fourth-order valence-corrected chi connectivity index (χ4v) is 1.92. The molecule has 1 heterocycles. The summed E-state index contributed by atoms with van der Waals surface area (Å²) in [6.07, 6.45) is 2.10. The molecule has 2 rings (SSSR count). The molecule has 3 nitrogen and oxygen atoms in total. The lowest BCUT2D eigenvalue weighted by Gasteiger charge is -2.12. The maximum atomic E-state index is 5.72. The number of hydrogen-bond acceptors (Lipinski definition) is 2. The molecule has 2 aromatic rings. The molecule has 0 aliphatic heterocycles. The summed E-state index contributed by atoms with van der Waals surface area (Å²) >= 11 is 0. The number of nitrogens with zero attached hydrogens (tertiary/aromatic N) is 1. The molecule has 3 heteroatoms. The largest absolute Gasteiger partial charge is 0.492 e. The number of aromatic nitrogens is 1. The van der Waals surface area contributed by atoms with Crippen LogP contribution in [0.4, 0.5) is 0 Å². The maximum absolute atomic E-state index is 5.72. The van der Waals surface area contributed by atoms with E-state index in [0.717, 1.165) is 18.8 Å². The van der Waals surface area contributed by atoms with Crippen molar-refractivity contribution in [3.05, 3.63) is 54.4 Å². The van der Waals surface area contributed by atoms with Crippen molar-refractivity contribution in [2.24, 2.45) is 0 Å². The molecule has 0 saturated heterocycles. The number of ether oxygens (including phenoxy) is 1. The van der Waals surface area contributed by atoms with Crippen LogP contribution in [0.3, 0.4) is 0 Å². The number of benzene rings is 1. The highest BCUT2D eigenvalue weighted by Crippen LogP contribution is 2.09. The van der Waals surface area contributed by atoms with Crippen LogP contribution in [0, 0.1) is 0 Å². The Morgan fingerprint density at radius 1 is 1.11 bits per heavy atom. The zero-order valence-corrected chi connectivity index (χ0v) is 11.7. The van der Waals surface area contributed by atoms with E-state index in [1.165, 1.54) is 5.69 Å². The van der Waals surface area contributed by atoms with Crippen molar-refractivity contribution < 1.29 is 4.74 Å². The van der Waals surface area contributed by atoms with Crippen LogP contribution < -0.4 is 10.1 Å². The standard InChI is InChI=1S/C16H22N2O/c1-14(2)17-13-15-7-6-10-18(15)11-12-19-16-8-4-3-5-9-16/h3-10,14,17H,11-13H2,1-2H3. The first-order valence-corrected chi connectivity index (χ1v) is 6.81. The van der Waals surface area contributed by atoms with E-state index in [4.69, 9.17) is 4.74 Å². The van der Waals surface area contributed by atoms with Gasteiger partial charge < -0.3 is 14.6 Å². The Morgan fingerprint density at radius 3 is 2.63 bits per heavy atom. The van der Waals surface area contributed by atoms with E-state index in [9.17, 15) is 0 Å². The van der Waals surface area contributed by atoms with Crippen LogP contribution in [0.25, 0.3) is 0 Å². The molecule has 0 spiro atoms. The second kappa shape index (κ2) is 7.00.